The maximum absolute atomic E-state index is 14.1. The Kier molecular flexibility index (Phi) is 4.08. The van der Waals surface area contributed by atoms with Crippen molar-refractivity contribution in [1.82, 2.24) is 0 Å². The standard InChI is InChI=1S/C15H19FO3/c1-3-11-13(16)6-10(7-14(11)19-2)12(8-15(17)18)9-4-5-9/h6-7,9,12H,3-5,8H2,1-2H3,(H,17,18). The van der Waals surface area contributed by atoms with E-state index in [4.69, 9.17) is 9.84 Å². The fourth-order valence-electron chi connectivity index (χ4n) is 2.61. The van der Waals surface area contributed by atoms with Crippen molar-refractivity contribution < 1.29 is 19.0 Å². The second kappa shape index (κ2) is 5.59. The highest BCUT2D eigenvalue weighted by Crippen LogP contribution is 2.45. The summed E-state index contributed by atoms with van der Waals surface area (Å²) in [5.74, 6) is -0.350. The normalized spacial score (nSPS) is 16.2. The topological polar surface area (TPSA) is 46.5 Å². The van der Waals surface area contributed by atoms with Crippen LogP contribution in [0, 0.1) is 11.7 Å². The third kappa shape index (κ3) is 3.06. The number of carboxylic acid groups (broad SMARTS) is 1. The Balaban J connectivity index is 2.36. The SMILES string of the molecule is CCc1c(F)cc(C(CC(=O)O)C2CC2)cc1OC. The van der Waals surface area contributed by atoms with Crippen LogP contribution in [0.1, 0.15) is 43.2 Å². The highest BCUT2D eigenvalue weighted by molar-refractivity contribution is 5.68. The molecule has 1 saturated carbocycles. The van der Waals surface area contributed by atoms with Crippen molar-refractivity contribution >= 4 is 5.97 Å². The number of rotatable bonds is 6. The van der Waals surface area contributed by atoms with Gasteiger partial charge in [-0.15, -0.1) is 0 Å². The first-order valence-electron chi connectivity index (χ1n) is 6.64. The Hall–Kier alpha value is -1.58. The van der Waals surface area contributed by atoms with Gasteiger partial charge in [-0.3, -0.25) is 4.79 Å². The van der Waals surface area contributed by atoms with Gasteiger partial charge in [0.15, 0.2) is 0 Å². The number of benzene rings is 1. The van der Waals surface area contributed by atoms with Crippen LogP contribution in [0.3, 0.4) is 0 Å². The molecule has 1 aromatic rings. The molecule has 1 atom stereocenters. The van der Waals surface area contributed by atoms with Crippen LogP contribution in [0.2, 0.25) is 0 Å². The molecule has 0 radical (unpaired) electrons. The zero-order valence-electron chi connectivity index (χ0n) is 11.3. The maximum atomic E-state index is 14.1. The zero-order chi connectivity index (χ0) is 14.0. The highest BCUT2D eigenvalue weighted by Gasteiger charge is 2.34. The largest absolute Gasteiger partial charge is 0.496 e. The summed E-state index contributed by atoms with van der Waals surface area (Å²) in [6, 6.07) is 3.28. The van der Waals surface area contributed by atoms with E-state index >= 15 is 0 Å². The summed E-state index contributed by atoms with van der Waals surface area (Å²) < 4.78 is 19.3. The van der Waals surface area contributed by atoms with Gasteiger partial charge < -0.3 is 9.84 Å². The van der Waals surface area contributed by atoms with Gasteiger partial charge in [-0.1, -0.05) is 6.92 Å². The molecule has 0 bridgehead atoms. The molecule has 0 heterocycles. The fourth-order valence-corrected chi connectivity index (χ4v) is 2.61. The number of halogens is 1. The van der Waals surface area contributed by atoms with Gasteiger partial charge in [0.05, 0.1) is 13.5 Å². The maximum Gasteiger partial charge on any atom is 0.303 e. The van der Waals surface area contributed by atoms with Gasteiger partial charge in [-0.25, -0.2) is 4.39 Å². The Morgan fingerprint density at radius 2 is 2.21 bits per heavy atom. The summed E-state index contributed by atoms with van der Waals surface area (Å²) in [5, 5.41) is 8.99. The van der Waals surface area contributed by atoms with Crippen molar-refractivity contribution in [2.45, 2.75) is 38.5 Å². The molecule has 0 saturated heterocycles. The van der Waals surface area contributed by atoms with Gasteiger partial charge in [-0.2, -0.15) is 0 Å². The predicted octanol–water partition coefficient (Wildman–Crippen LogP) is 3.37. The molecule has 1 unspecified atom stereocenters. The number of ether oxygens (including phenoxy) is 1. The number of methoxy groups -OCH3 is 1. The van der Waals surface area contributed by atoms with E-state index in [1.165, 1.54) is 13.2 Å². The average molecular weight is 266 g/mol. The van der Waals surface area contributed by atoms with Crippen molar-refractivity contribution in [3.05, 3.63) is 29.1 Å². The first kappa shape index (κ1) is 13.8. The molecule has 2 rings (SSSR count). The molecular weight excluding hydrogens is 247 g/mol. The molecule has 1 fully saturated rings. The van der Waals surface area contributed by atoms with E-state index in [0.29, 0.717) is 23.7 Å². The van der Waals surface area contributed by atoms with E-state index in [-0.39, 0.29) is 18.2 Å². The van der Waals surface area contributed by atoms with Crippen LogP contribution >= 0.6 is 0 Å². The molecule has 104 valence electrons. The monoisotopic (exact) mass is 266 g/mol. The smallest absolute Gasteiger partial charge is 0.303 e. The molecule has 3 nitrogen and oxygen atoms in total. The quantitative estimate of drug-likeness (QED) is 0.858. The number of aliphatic carboxylic acids is 1. The van der Waals surface area contributed by atoms with Gasteiger partial charge in [0.25, 0.3) is 0 Å². The Bertz CT molecular complexity index is 481. The third-order valence-electron chi connectivity index (χ3n) is 3.76. The van der Waals surface area contributed by atoms with Gasteiger partial charge >= 0.3 is 5.97 Å². The van der Waals surface area contributed by atoms with Crippen LogP contribution in [0.15, 0.2) is 12.1 Å². The lowest BCUT2D eigenvalue weighted by atomic mass is 9.89. The van der Waals surface area contributed by atoms with Crippen LogP contribution in [0.4, 0.5) is 4.39 Å². The summed E-state index contributed by atoms with van der Waals surface area (Å²) in [6.45, 7) is 1.87. The van der Waals surface area contributed by atoms with E-state index in [9.17, 15) is 9.18 Å². The summed E-state index contributed by atoms with van der Waals surface area (Å²) in [6.07, 6.45) is 2.66. The average Bonchev–Trinajstić information content (AvgIpc) is 3.18. The number of hydrogen-bond donors (Lipinski definition) is 1. The van der Waals surface area contributed by atoms with E-state index in [2.05, 4.69) is 0 Å². The fraction of sp³-hybridized carbons (Fsp3) is 0.533. The van der Waals surface area contributed by atoms with Crippen molar-refractivity contribution in [3.63, 3.8) is 0 Å². The van der Waals surface area contributed by atoms with Crippen molar-refractivity contribution in [1.29, 1.82) is 0 Å². The van der Waals surface area contributed by atoms with E-state index in [0.717, 1.165) is 18.4 Å². The van der Waals surface area contributed by atoms with Crippen LogP contribution in [0.5, 0.6) is 5.75 Å². The lowest BCUT2D eigenvalue weighted by Crippen LogP contribution is -2.10. The summed E-state index contributed by atoms with van der Waals surface area (Å²) in [5.41, 5.74) is 1.30. The molecule has 0 aromatic heterocycles. The summed E-state index contributed by atoms with van der Waals surface area (Å²) in [4.78, 5) is 11.0. The van der Waals surface area contributed by atoms with Gasteiger partial charge in [-0.05, 0) is 48.8 Å². The number of hydrogen-bond acceptors (Lipinski definition) is 2. The molecule has 0 amide bonds. The minimum absolute atomic E-state index is 0.0543. The lowest BCUT2D eigenvalue weighted by molar-refractivity contribution is -0.137. The van der Waals surface area contributed by atoms with Crippen molar-refractivity contribution in [2.75, 3.05) is 7.11 Å². The predicted molar refractivity (Wildman–Crippen MR) is 70.0 cm³/mol. The highest BCUT2D eigenvalue weighted by atomic mass is 19.1. The molecule has 4 heteroatoms. The Morgan fingerprint density at radius 3 is 2.68 bits per heavy atom. The van der Waals surface area contributed by atoms with Crippen molar-refractivity contribution in [2.24, 2.45) is 5.92 Å². The number of carboxylic acids is 1. The van der Waals surface area contributed by atoms with Crippen molar-refractivity contribution in [3.8, 4) is 5.75 Å². The number of carbonyl (C=O) groups is 1. The minimum Gasteiger partial charge on any atom is -0.496 e. The molecule has 0 aliphatic heterocycles. The Labute approximate surface area is 112 Å². The molecule has 1 aromatic carbocycles. The third-order valence-corrected chi connectivity index (χ3v) is 3.76. The van der Waals surface area contributed by atoms with Gasteiger partial charge in [0.1, 0.15) is 11.6 Å². The minimum atomic E-state index is -0.837. The summed E-state index contributed by atoms with van der Waals surface area (Å²) in [7, 11) is 1.51. The van der Waals surface area contributed by atoms with E-state index < -0.39 is 5.97 Å². The van der Waals surface area contributed by atoms with Crippen LogP contribution in [0.25, 0.3) is 0 Å². The van der Waals surface area contributed by atoms with E-state index in [1.54, 1.807) is 6.07 Å². The first-order valence-corrected chi connectivity index (χ1v) is 6.64. The molecule has 1 aliphatic rings. The van der Waals surface area contributed by atoms with Crippen LogP contribution < -0.4 is 4.74 Å². The lowest BCUT2D eigenvalue weighted by Gasteiger charge is -2.17. The zero-order valence-corrected chi connectivity index (χ0v) is 11.3. The molecule has 1 N–H and O–H groups in total. The van der Waals surface area contributed by atoms with Crippen LogP contribution in [-0.2, 0) is 11.2 Å². The Morgan fingerprint density at radius 1 is 1.53 bits per heavy atom. The molecule has 1 aliphatic carbocycles. The molecule has 19 heavy (non-hydrogen) atoms. The van der Waals surface area contributed by atoms with Gasteiger partial charge in [0, 0.05) is 5.56 Å². The van der Waals surface area contributed by atoms with Gasteiger partial charge in [0.2, 0.25) is 0 Å². The van der Waals surface area contributed by atoms with E-state index in [1.807, 2.05) is 6.92 Å². The first-order chi connectivity index (χ1) is 9.06. The van der Waals surface area contributed by atoms with Crippen LogP contribution in [-0.4, -0.2) is 18.2 Å². The molecule has 0 spiro atoms. The molecular formula is C15H19FO3. The summed E-state index contributed by atoms with van der Waals surface area (Å²) >= 11 is 0. The second-order valence-corrected chi connectivity index (χ2v) is 5.08. The second-order valence-electron chi connectivity index (χ2n) is 5.08.